The van der Waals surface area contributed by atoms with E-state index in [9.17, 15) is 4.79 Å². The van der Waals surface area contributed by atoms with Crippen molar-refractivity contribution in [2.24, 2.45) is 0 Å². The van der Waals surface area contributed by atoms with Gasteiger partial charge >= 0.3 is 5.97 Å². The van der Waals surface area contributed by atoms with Crippen LogP contribution in [0.15, 0.2) is 66.4 Å². The lowest BCUT2D eigenvalue weighted by Gasteiger charge is -2.30. The number of fused-ring (bicyclic) bond motifs is 3. The van der Waals surface area contributed by atoms with Crippen LogP contribution in [0.5, 0.6) is 11.5 Å². The summed E-state index contributed by atoms with van der Waals surface area (Å²) in [5.41, 5.74) is 3.83. The number of para-hydroxylation sites is 2. The van der Waals surface area contributed by atoms with E-state index in [1.807, 2.05) is 60.9 Å². The van der Waals surface area contributed by atoms with Gasteiger partial charge < -0.3 is 19.5 Å². The van der Waals surface area contributed by atoms with Crippen molar-refractivity contribution in [2.45, 2.75) is 33.2 Å². The van der Waals surface area contributed by atoms with Crippen molar-refractivity contribution >= 4 is 23.0 Å². The number of hydrogen-bond donors (Lipinski definition) is 1. The first-order valence-corrected chi connectivity index (χ1v) is 11.2. The lowest BCUT2D eigenvalue weighted by Crippen LogP contribution is -2.29. The zero-order valence-corrected chi connectivity index (χ0v) is 19.3. The number of aromatic nitrogens is 2. The molecule has 0 radical (unpaired) electrons. The summed E-state index contributed by atoms with van der Waals surface area (Å²) in [7, 11) is 0. The average Bonchev–Trinajstić information content (AvgIpc) is 3.18. The fourth-order valence-corrected chi connectivity index (χ4v) is 4.05. The third-order valence-corrected chi connectivity index (χ3v) is 5.43. The highest BCUT2D eigenvalue weighted by Crippen LogP contribution is 2.42. The van der Waals surface area contributed by atoms with E-state index in [4.69, 9.17) is 19.2 Å². The first kappa shape index (κ1) is 22.5. The second kappa shape index (κ2) is 9.81. The number of carbonyl (C=O) groups excluding carboxylic acids is 1. The second-order valence-electron chi connectivity index (χ2n) is 7.74. The molecular weight excluding hydrogens is 418 g/mol. The number of allylic oxidation sites excluding steroid dienone is 1. The number of nitrogens with one attached hydrogen (secondary N) is 1. The maximum atomic E-state index is 13.2. The Hall–Kier alpha value is -3.74. The van der Waals surface area contributed by atoms with Crippen molar-refractivity contribution in [3.63, 3.8) is 0 Å². The summed E-state index contributed by atoms with van der Waals surface area (Å²) in [5.74, 6) is 1.59. The normalized spacial score (nSPS) is 15.1. The molecule has 0 aliphatic carbocycles. The summed E-state index contributed by atoms with van der Waals surface area (Å²) in [5, 5.41) is 3.28. The van der Waals surface area contributed by atoms with Crippen molar-refractivity contribution in [1.82, 2.24) is 9.55 Å². The monoisotopic (exact) mass is 447 g/mol. The van der Waals surface area contributed by atoms with E-state index < -0.39 is 12.0 Å². The van der Waals surface area contributed by atoms with Crippen LogP contribution in [0.25, 0.3) is 11.0 Å². The van der Waals surface area contributed by atoms with Gasteiger partial charge in [-0.2, -0.15) is 0 Å². The van der Waals surface area contributed by atoms with Crippen LogP contribution in [0.2, 0.25) is 0 Å². The van der Waals surface area contributed by atoms with Gasteiger partial charge in [0.1, 0.15) is 6.61 Å². The number of hydrogen-bond acceptors (Lipinski definition) is 6. The molecule has 0 saturated heterocycles. The van der Waals surface area contributed by atoms with E-state index in [1.165, 1.54) is 0 Å². The van der Waals surface area contributed by atoms with E-state index in [1.54, 1.807) is 6.08 Å². The Morgan fingerprint density at radius 1 is 1.18 bits per heavy atom. The summed E-state index contributed by atoms with van der Waals surface area (Å²) >= 11 is 0. The fourth-order valence-electron chi connectivity index (χ4n) is 4.05. The SMILES string of the molecule is C=CCOC(=O)C1=C(C)Nc2nc3ccccc3n2C1c1ccc(OCCC)c(OCC)c1. The van der Waals surface area contributed by atoms with E-state index in [0.29, 0.717) is 41.9 Å². The second-order valence-corrected chi connectivity index (χ2v) is 7.74. The Morgan fingerprint density at radius 2 is 2.00 bits per heavy atom. The van der Waals surface area contributed by atoms with Gasteiger partial charge in [-0.05, 0) is 50.1 Å². The minimum absolute atomic E-state index is 0.133. The number of imidazole rings is 1. The van der Waals surface area contributed by atoms with Gasteiger partial charge in [-0.1, -0.05) is 37.8 Å². The van der Waals surface area contributed by atoms with Crippen LogP contribution in [0, 0.1) is 0 Å². The number of carbonyl (C=O) groups is 1. The molecule has 0 bridgehead atoms. The largest absolute Gasteiger partial charge is 0.490 e. The van der Waals surface area contributed by atoms with E-state index in [2.05, 4.69) is 18.8 Å². The van der Waals surface area contributed by atoms with Crippen molar-refractivity contribution in [2.75, 3.05) is 25.1 Å². The molecule has 2 aromatic carbocycles. The van der Waals surface area contributed by atoms with Gasteiger partial charge in [-0.3, -0.25) is 4.57 Å². The van der Waals surface area contributed by atoms with Gasteiger partial charge in [-0.25, -0.2) is 9.78 Å². The first-order chi connectivity index (χ1) is 16.1. The molecule has 4 rings (SSSR count). The molecule has 1 N–H and O–H groups in total. The highest BCUT2D eigenvalue weighted by molar-refractivity contribution is 5.94. The standard InChI is InChI=1S/C26H29N3O4/c1-5-14-32-21-13-12-18(16-22(21)31-7-3)24-23(25(30)33-15-6-2)17(4)27-26-28-19-10-8-9-11-20(19)29(24)26/h6,8-13,16,24H,2,5,7,14-15H2,1,3-4H3,(H,27,28). The van der Waals surface area contributed by atoms with Crippen LogP contribution in [-0.2, 0) is 9.53 Å². The number of anilines is 1. The molecule has 7 heteroatoms. The third kappa shape index (κ3) is 4.31. The summed E-state index contributed by atoms with van der Waals surface area (Å²) in [6, 6.07) is 13.2. The van der Waals surface area contributed by atoms with Crippen LogP contribution in [0.4, 0.5) is 5.95 Å². The summed E-state index contributed by atoms with van der Waals surface area (Å²) < 4.78 is 19.3. The molecule has 0 saturated carbocycles. The Labute approximate surface area is 193 Å². The van der Waals surface area contributed by atoms with E-state index in [0.717, 1.165) is 23.0 Å². The third-order valence-electron chi connectivity index (χ3n) is 5.43. The maximum absolute atomic E-state index is 13.2. The molecule has 1 atom stereocenters. The molecule has 0 fully saturated rings. The molecule has 172 valence electrons. The highest BCUT2D eigenvalue weighted by atomic mass is 16.5. The first-order valence-electron chi connectivity index (χ1n) is 11.2. The Kier molecular flexibility index (Phi) is 6.68. The summed E-state index contributed by atoms with van der Waals surface area (Å²) in [6.45, 7) is 10.7. The molecule has 3 aromatic rings. The predicted molar refractivity (Wildman–Crippen MR) is 129 cm³/mol. The van der Waals surface area contributed by atoms with Gasteiger partial charge in [-0.15, -0.1) is 0 Å². The highest BCUT2D eigenvalue weighted by Gasteiger charge is 2.35. The van der Waals surface area contributed by atoms with Crippen LogP contribution in [-0.4, -0.2) is 35.3 Å². The molecule has 7 nitrogen and oxygen atoms in total. The Morgan fingerprint density at radius 3 is 2.76 bits per heavy atom. The molecule has 1 aliphatic heterocycles. The molecule has 1 aliphatic rings. The average molecular weight is 448 g/mol. The lowest BCUT2D eigenvalue weighted by atomic mass is 9.94. The molecule has 33 heavy (non-hydrogen) atoms. The number of benzene rings is 2. The van der Waals surface area contributed by atoms with Crippen LogP contribution in [0.3, 0.4) is 0 Å². The van der Waals surface area contributed by atoms with Crippen molar-refractivity contribution in [3.8, 4) is 11.5 Å². The van der Waals surface area contributed by atoms with Crippen molar-refractivity contribution < 1.29 is 19.0 Å². The predicted octanol–water partition coefficient (Wildman–Crippen LogP) is 5.24. The zero-order chi connectivity index (χ0) is 23.4. The van der Waals surface area contributed by atoms with Gasteiger partial charge in [0.25, 0.3) is 0 Å². The summed E-state index contributed by atoms with van der Waals surface area (Å²) in [4.78, 5) is 17.9. The Bertz CT molecular complexity index is 1210. The van der Waals surface area contributed by atoms with Crippen molar-refractivity contribution in [3.05, 3.63) is 72.0 Å². The minimum atomic E-state index is -0.453. The summed E-state index contributed by atoms with van der Waals surface area (Å²) in [6.07, 6.45) is 2.46. The topological polar surface area (TPSA) is 74.6 Å². The fraction of sp³-hybridized carbons (Fsp3) is 0.308. The van der Waals surface area contributed by atoms with E-state index >= 15 is 0 Å². The number of ether oxygens (including phenoxy) is 3. The van der Waals surface area contributed by atoms with Gasteiger partial charge in [0.05, 0.1) is 35.9 Å². The van der Waals surface area contributed by atoms with Gasteiger partial charge in [0, 0.05) is 5.70 Å². The smallest absolute Gasteiger partial charge is 0.338 e. The molecule has 0 amide bonds. The number of esters is 1. The van der Waals surface area contributed by atoms with E-state index in [-0.39, 0.29) is 6.61 Å². The van der Waals surface area contributed by atoms with Crippen LogP contribution < -0.4 is 14.8 Å². The van der Waals surface area contributed by atoms with Crippen LogP contribution >= 0.6 is 0 Å². The zero-order valence-electron chi connectivity index (χ0n) is 19.3. The van der Waals surface area contributed by atoms with Gasteiger partial charge in [0.2, 0.25) is 5.95 Å². The Balaban J connectivity index is 1.89. The van der Waals surface area contributed by atoms with Crippen LogP contribution in [0.1, 0.15) is 38.8 Å². The number of nitrogens with zero attached hydrogens (tertiary/aromatic N) is 2. The molecule has 1 aromatic heterocycles. The molecule has 1 unspecified atom stereocenters. The molecule has 0 spiro atoms. The van der Waals surface area contributed by atoms with Crippen molar-refractivity contribution in [1.29, 1.82) is 0 Å². The lowest BCUT2D eigenvalue weighted by molar-refractivity contribution is -0.138. The van der Waals surface area contributed by atoms with Gasteiger partial charge in [0.15, 0.2) is 11.5 Å². The quantitative estimate of drug-likeness (QED) is 0.357. The number of rotatable bonds is 9. The minimum Gasteiger partial charge on any atom is -0.490 e. The maximum Gasteiger partial charge on any atom is 0.338 e. The molecular formula is C26H29N3O4. The molecule has 2 heterocycles.